The van der Waals surface area contributed by atoms with E-state index in [2.05, 4.69) is 4.98 Å². The van der Waals surface area contributed by atoms with Gasteiger partial charge in [0, 0.05) is 5.38 Å². The van der Waals surface area contributed by atoms with E-state index in [0.717, 1.165) is 0 Å². The van der Waals surface area contributed by atoms with Crippen LogP contribution < -0.4 is 11.5 Å². The van der Waals surface area contributed by atoms with Crippen molar-refractivity contribution in [1.82, 2.24) is 4.98 Å². The van der Waals surface area contributed by atoms with Crippen molar-refractivity contribution in [3.63, 3.8) is 0 Å². The van der Waals surface area contributed by atoms with Gasteiger partial charge in [-0.3, -0.25) is 0 Å². The minimum atomic E-state index is 0.502. The van der Waals surface area contributed by atoms with Crippen molar-refractivity contribution in [2.24, 2.45) is 0 Å². The summed E-state index contributed by atoms with van der Waals surface area (Å²) in [7, 11) is 0. The van der Waals surface area contributed by atoms with Gasteiger partial charge in [0.2, 0.25) is 0 Å². The number of hydrogen-bond donors (Lipinski definition) is 2. The molecule has 4 N–H and O–H groups in total. The summed E-state index contributed by atoms with van der Waals surface area (Å²) in [5.41, 5.74) is 10.4. The van der Waals surface area contributed by atoms with Crippen LogP contribution in [0.5, 0.6) is 0 Å². The SMILES string of the molecule is Nc1csc(N)n1. The third-order valence-electron chi connectivity index (χ3n) is 0.540. The molecule has 38 valence electrons. The second-order valence-corrected chi connectivity index (χ2v) is 2.00. The maximum Gasteiger partial charge on any atom is 0.182 e. The largest absolute Gasteiger partial charge is 0.383 e. The van der Waals surface area contributed by atoms with Crippen LogP contribution in [-0.4, -0.2) is 4.98 Å². The summed E-state index contributed by atoms with van der Waals surface area (Å²) in [6.07, 6.45) is 0. The van der Waals surface area contributed by atoms with Gasteiger partial charge in [-0.25, -0.2) is 4.98 Å². The van der Waals surface area contributed by atoms with Gasteiger partial charge in [0.05, 0.1) is 0 Å². The second-order valence-electron chi connectivity index (χ2n) is 1.11. The molecule has 1 heterocycles. The van der Waals surface area contributed by atoms with Gasteiger partial charge in [-0.05, 0) is 0 Å². The van der Waals surface area contributed by atoms with Gasteiger partial charge in [0.25, 0.3) is 0 Å². The van der Waals surface area contributed by atoms with Crippen molar-refractivity contribution in [2.75, 3.05) is 11.5 Å². The van der Waals surface area contributed by atoms with Gasteiger partial charge in [0.15, 0.2) is 5.13 Å². The van der Waals surface area contributed by atoms with Gasteiger partial charge in [-0.2, -0.15) is 0 Å². The smallest absolute Gasteiger partial charge is 0.182 e. The lowest BCUT2D eigenvalue weighted by Crippen LogP contribution is -1.85. The highest BCUT2D eigenvalue weighted by Gasteiger charge is 1.87. The molecule has 0 aliphatic rings. The minimum absolute atomic E-state index is 0.502. The zero-order valence-corrected chi connectivity index (χ0v) is 4.40. The second kappa shape index (κ2) is 1.38. The molecule has 0 radical (unpaired) electrons. The average Bonchev–Trinajstić information content (AvgIpc) is 1.87. The Hall–Kier alpha value is -0.770. The third kappa shape index (κ3) is 0.806. The van der Waals surface area contributed by atoms with Crippen LogP contribution in [0.2, 0.25) is 0 Å². The molecule has 3 nitrogen and oxygen atoms in total. The molecule has 1 aromatic heterocycles. The number of thiazole rings is 1. The first-order chi connectivity index (χ1) is 3.29. The molecule has 4 heteroatoms. The first-order valence-corrected chi connectivity index (χ1v) is 2.63. The van der Waals surface area contributed by atoms with Crippen LogP contribution in [0.1, 0.15) is 0 Å². The predicted octanol–water partition coefficient (Wildman–Crippen LogP) is 0.308. The quantitative estimate of drug-likeness (QED) is 0.511. The molecule has 0 spiro atoms. The monoisotopic (exact) mass is 115 g/mol. The lowest BCUT2D eigenvalue weighted by molar-refractivity contribution is 1.43. The van der Waals surface area contributed by atoms with Crippen LogP contribution >= 0.6 is 11.3 Å². The number of rotatable bonds is 0. The van der Waals surface area contributed by atoms with Crippen molar-refractivity contribution in [3.8, 4) is 0 Å². The number of nitrogens with zero attached hydrogens (tertiary/aromatic N) is 1. The molecular weight excluding hydrogens is 110 g/mol. The molecule has 0 aromatic carbocycles. The van der Waals surface area contributed by atoms with E-state index in [1.807, 2.05) is 0 Å². The summed E-state index contributed by atoms with van der Waals surface area (Å²) in [5, 5.41) is 2.23. The molecule has 0 saturated carbocycles. The van der Waals surface area contributed by atoms with E-state index in [1.165, 1.54) is 11.3 Å². The van der Waals surface area contributed by atoms with Gasteiger partial charge < -0.3 is 11.5 Å². The van der Waals surface area contributed by atoms with Crippen molar-refractivity contribution in [1.29, 1.82) is 0 Å². The van der Waals surface area contributed by atoms with Gasteiger partial charge >= 0.3 is 0 Å². The van der Waals surface area contributed by atoms with Crippen LogP contribution in [0, 0.1) is 0 Å². The van der Waals surface area contributed by atoms with Crippen molar-refractivity contribution in [2.45, 2.75) is 0 Å². The van der Waals surface area contributed by atoms with E-state index in [1.54, 1.807) is 5.38 Å². The number of nitrogen functional groups attached to an aromatic ring is 2. The van der Waals surface area contributed by atoms with Crippen LogP contribution in [0.15, 0.2) is 5.38 Å². The predicted molar refractivity (Wildman–Crippen MR) is 30.9 cm³/mol. The van der Waals surface area contributed by atoms with E-state index in [9.17, 15) is 0 Å². The first-order valence-electron chi connectivity index (χ1n) is 1.75. The Morgan fingerprint density at radius 2 is 2.29 bits per heavy atom. The molecule has 0 bridgehead atoms. The van der Waals surface area contributed by atoms with Crippen LogP contribution in [0.25, 0.3) is 0 Å². The molecule has 7 heavy (non-hydrogen) atoms. The lowest BCUT2D eigenvalue weighted by atomic mass is 10.8. The van der Waals surface area contributed by atoms with Crippen molar-refractivity contribution in [3.05, 3.63) is 5.38 Å². The maximum atomic E-state index is 5.21. The Kier molecular flexibility index (Phi) is 0.867. The highest BCUT2D eigenvalue weighted by atomic mass is 32.1. The van der Waals surface area contributed by atoms with E-state index >= 15 is 0 Å². The molecule has 0 unspecified atom stereocenters. The van der Waals surface area contributed by atoms with Gasteiger partial charge in [-0.15, -0.1) is 11.3 Å². The lowest BCUT2D eigenvalue weighted by Gasteiger charge is -1.72. The summed E-state index contributed by atoms with van der Waals surface area (Å²) < 4.78 is 0. The molecule has 0 atom stereocenters. The zero-order chi connectivity index (χ0) is 5.28. The summed E-state index contributed by atoms with van der Waals surface area (Å²) >= 11 is 1.35. The normalized spacial score (nSPS) is 9.14. The number of hydrogen-bond acceptors (Lipinski definition) is 4. The number of nitrogens with two attached hydrogens (primary N) is 2. The standard InChI is InChI=1S/C3H5N3S/c4-2-1-7-3(5)6-2/h1H,4H2,(H2,5,6). The summed E-state index contributed by atoms with van der Waals surface area (Å²) in [6.45, 7) is 0. The third-order valence-corrected chi connectivity index (χ3v) is 1.23. The Labute approximate surface area is 45.0 Å². The topological polar surface area (TPSA) is 64.9 Å². The Bertz CT molecular complexity index is 142. The van der Waals surface area contributed by atoms with Gasteiger partial charge in [0.1, 0.15) is 5.82 Å². The number of anilines is 2. The molecule has 1 aromatic rings. The van der Waals surface area contributed by atoms with E-state index in [4.69, 9.17) is 11.5 Å². The fourth-order valence-corrected chi connectivity index (χ4v) is 0.753. The van der Waals surface area contributed by atoms with Crippen LogP contribution in [0.3, 0.4) is 0 Å². The Balaban J connectivity index is 3.04. The van der Waals surface area contributed by atoms with Crippen molar-refractivity contribution >= 4 is 22.3 Å². The molecule has 0 aliphatic carbocycles. The maximum absolute atomic E-state index is 5.21. The minimum Gasteiger partial charge on any atom is -0.383 e. The molecule has 1 rings (SSSR count). The zero-order valence-electron chi connectivity index (χ0n) is 3.59. The fourth-order valence-electron chi connectivity index (χ4n) is 0.301. The highest BCUT2D eigenvalue weighted by Crippen LogP contribution is 2.10. The Morgan fingerprint density at radius 1 is 1.57 bits per heavy atom. The van der Waals surface area contributed by atoms with Crippen LogP contribution in [0.4, 0.5) is 10.9 Å². The van der Waals surface area contributed by atoms with E-state index < -0.39 is 0 Å². The molecule has 0 aliphatic heterocycles. The molecule has 0 fully saturated rings. The molecule has 0 amide bonds. The summed E-state index contributed by atoms with van der Waals surface area (Å²) in [4.78, 5) is 3.69. The van der Waals surface area contributed by atoms with E-state index in [-0.39, 0.29) is 0 Å². The summed E-state index contributed by atoms with van der Waals surface area (Å²) in [6, 6.07) is 0. The molecular formula is C3H5N3S. The average molecular weight is 115 g/mol. The molecule has 0 saturated heterocycles. The Morgan fingerprint density at radius 3 is 2.43 bits per heavy atom. The summed E-state index contributed by atoms with van der Waals surface area (Å²) in [5.74, 6) is 0.502. The highest BCUT2D eigenvalue weighted by molar-refractivity contribution is 7.13. The first kappa shape index (κ1) is 4.39. The van der Waals surface area contributed by atoms with E-state index in [0.29, 0.717) is 10.9 Å². The number of aromatic nitrogens is 1. The van der Waals surface area contributed by atoms with Crippen molar-refractivity contribution < 1.29 is 0 Å². The van der Waals surface area contributed by atoms with Gasteiger partial charge in [-0.1, -0.05) is 0 Å². The van der Waals surface area contributed by atoms with Crippen LogP contribution in [-0.2, 0) is 0 Å². The fraction of sp³-hybridized carbons (Fsp3) is 0.